The van der Waals surface area contributed by atoms with Crippen LogP contribution in [0.3, 0.4) is 0 Å². The predicted molar refractivity (Wildman–Crippen MR) is 53.1 cm³/mol. The Hall–Kier alpha value is -1.02. The monoisotopic (exact) mass is 277 g/mol. The molecule has 0 radical (unpaired) electrons. The summed E-state index contributed by atoms with van der Waals surface area (Å²) in [6, 6.07) is 5.90. The van der Waals surface area contributed by atoms with Gasteiger partial charge in [0.2, 0.25) is 0 Å². The molecule has 0 atom stereocenters. The van der Waals surface area contributed by atoms with Crippen molar-refractivity contribution in [3.63, 3.8) is 0 Å². The second kappa shape index (κ2) is 4.67. The summed E-state index contributed by atoms with van der Waals surface area (Å²) in [6.45, 7) is 0. The molecule has 80 valence electrons. The second-order valence-corrected chi connectivity index (χ2v) is 3.82. The molecular formula is C10H7BrF3N. The maximum atomic E-state index is 12.5. The van der Waals surface area contributed by atoms with Crippen LogP contribution in [-0.2, 0) is 12.6 Å². The van der Waals surface area contributed by atoms with Crippen LogP contribution in [0.25, 0.3) is 0 Å². The SMILES string of the molecule is N#CCCc1ccc(Br)c(C(F)(F)F)c1. The molecule has 5 heteroatoms. The number of alkyl halides is 3. The zero-order chi connectivity index (χ0) is 11.5. The lowest BCUT2D eigenvalue weighted by Crippen LogP contribution is -2.06. The zero-order valence-corrected chi connectivity index (χ0v) is 9.19. The number of hydrogen-bond acceptors (Lipinski definition) is 1. The molecule has 15 heavy (non-hydrogen) atoms. The molecule has 0 spiro atoms. The molecule has 1 aromatic rings. The summed E-state index contributed by atoms with van der Waals surface area (Å²) < 4.78 is 37.4. The first-order valence-electron chi connectivity index (χ1n) is 4.17. The summed E-state index contributed by atoms with van der Waals surface area (Å²) >= 11 is 2.85. The first-order chi connectivity index (χ1) is 6.95. The largest absolute Gasteiger partial charge is 0.417 e. The highest BCUT2D eigenvalue weighted by molar-refractivity contribution is 9.10. The highest BCUT2D eigenvalue weighted by Crippen LogP contribution is 2.35. The van der Waals surface area contributed by atoms with Crippen LogP contribution >= 0.6 is 15.9 Å². The van der Waals surface area contributed by atoms with E-state index in [4.69, 9.17) is 5.26 Å². The summed E-state index contributed by atoms with van der Waals surface area (Å²) in [6.07, 6.45) is -3.80. The Bertz CT molecular complexity index is 393. The maximum Gasteiger partial charge on any atom is 0.417 e. The van der Waals surface area contributed by atoms with Crippen molar-refractivity contribution in [3.05, 3.63) is 33.8 Å². The summed E-state index contributed by atoms with van der Waals surface area (Å²) in [5.74, 6) is 0. The van der Waals surface area contributed by atoms with E-state index in [1.54, 1.807) is 6.07 Å². The Morgan fingerprint density at radius 3 is 2.53 bits per heavy atom. The molecule has 0 fully saturated rings. The molecule has 0 aliphatic rings. The molecule has 0 heterocycles. The van der Waals surface area contributed by atoms with E-state index in [2.05, 4.69) is 15.9 Å². The lowest BCUT2D eigenvalue weighted by atomic mass is 10.1. The first kappa shape index (κ1) is 12.1. The zero-order valence-electron chi connectivity index (χ0n) is 7.61. The molecule has 1 aromatic carbocycles. The standard InChI is InChI=1S/C10H7BrF3N/c11-9-4-3-7(2-1-5-15)6-8(9)10(12,13)14/h3-4,6H,1-2H2. The van der Waals surface area contributed by atoms with E-state index in [-0.39, 0.29) is 10.9 Å². The van der Waals surface area contributed by atoms with E-state index in [0.29, 0.717) is 12.0 Å². The lowest BCUT2D eigenvalue weighted by Gasteiger charge is -2.10. The highest BCUT2D eigenvalue weighted by atomic mass is 79.9. The summed E-state index contributed by atoms with van der Waals surface area (Å²) in [4.78, 5) is 0. The van der Waals surface area contributed by atoms with Crippen LogP contribution in [0.5, 0.6) is 0 Å². The third kappa shape index (κ3) is 3.24. The topological polar surface area (TPSA) is 23.8 Å². The molecule has 0 unspecified atom stereocenters. The van der Waals surface area contributed by atoms with E-state index in [1.165, 1.54) is 6.07 Å². The molecule has 0 amide bonds. The van der Waals surface area contributed by atoms with Crippen LogP contribution in [0, 0.1) is 11.3 Å². The van der Waals surface area contributed by atoms with Crippen LogP contribution in [-0.4, -0.2) is 0 Å². The Kier molecular flexibility index (Phi) is 3.75. The smallest absolute Gasteiger partial charge is 0.198 e. The molecule has 0 saturated heterocycles. The van der Waals surface area contributed by atoms with Crippen LogP contribution in [0.1, 0.15) is 17.5 Å². The van der Waals surface area contributed by atoms with Gasteiger partial charge in [0.25, 0.3) is 0 Å². The van der Waals surface area contributed by atoms with Crippen molar-refractivity contribution in [1.82, 2.24) is 0 Å². The Labute approximate surface area is 93.6 Å². The minimum absolute atomic E-state index is 0.0238. The fourth-order valence-electron chi connectivity index (χ4n) is 1.15. The van der Waals surface area contributed by atoms with Gasteiger partial charge in [-0.2, -0.15) is 18.4 Å². The summed E-state index contributed by atoms with van der Waals surface area (Å²) in [5, 5.41) is 8.33. The molecule has 1 nitrogen and oxygen atoms in total. The third-order valence-corrected chi connectivity index (χ3v) is 2.55. The van der Waals surface area contributed by atoms with Crippen molar-refractivity contribution < 1.29 is 13.2 Å². The van der Waals surface area contributed by atoms with Gasteiger partial charge in [0.1, 0.15) is 0 Å². The number of aryl methyl sites for hydroxylation is 1. The van der Waals surface area contributed by atoms with Crippen molar-refractivity contribution in [2.75, 3.05) is 0 Å². The van der Waals surface area contributed by atoms with E-state index in [1.807, 2.05) is 6.07 Å². The highest BCUT2D eigenvalue weighted by Gasteiger charge is 2.32. The fourth-order valence-corrected chi connectivity index (χ4v) is 1.62. The van der Waals surface area contributed by atoms with Crippen molar-refractivity contribution >= 4 is 15.9 Å². The molecule has 0 saturated carbocycles. The van der Waals surface area contributed by atoms with Crippen molar-refractivity contribution in [2.45, 2.75) is 19.0 Å². The number of nitrogens with zero attached hydrogens (tertiary/aromatic N) is 1. The average Bonchev–Trinajstić information content (AvgIpc) is 2.15. The normalized spacial score (nSPS) is 11.1. The van der Waals surface area contributed by atoms with Gasteiger partial charge in [-0.1, -0.05) is 22.0 Å². The lowest BCUT2D eigenvalue weighted by molar-refractivity contribution is -0.138. The predicted octanol–water partition coefficient (Wildman–Crippen LogP) is 3.92. The molecule has 0 aliphatic carbocycles. The van der Waals surface area contributed by atoms with Gasteiger partial charge in [-0.3, -0.25) is 0 Å². The Balaban J connectivity index is 3.02. The van der Waals surface area contributed by atoms with E-state index < -0.39 is 11.7 Å². The van der Waals surface area contributed by atoms with Crippen molar-refractivity contribution in [3.8, 4) is 6.07 Å². The van der Waals surface area contributed by atoms with Gasteiger partial charge < -0.3 is 0 Å². The van der Waals surface area contributed by atoms with Gasteiger partial charge in [-0.15, -0.1) is 0 Å². The molecule has 1 rings (SSSR count). The van der Waals surface area contributed by atoms with Gasteiger partial charge in [0.15, 0.2) is 0 Å². The van der Waals surface area contributed by atoms with Crippen LogP contribution in [0.2, 0.25) is 0 Å². The van der Waals surface area contributed by atoms with E-state index in [0.717, 1.165) is 6.07 Å². The number of halogens is 4. The molecule has 0 aromatic heterocycles. The molecule has 0 N–H and O–H groups in total. The third-order valence-electron chi connectivity index (χ3n) is 1.86. The van der Waals surface area contributed by atoms with E-state index in [9.17, 15) is 13.2 Å². The average molecular weight is 278 g/mol. The number of benzene rings is 1. The first-order valence-corrected chi connectivity index (χ1v) is 4.97. The summed E-state index contributed by atoms with van der Waals surface area (Å²) in [7, 11) is 0. The van der Waals surface area contributed by atoms with E-state index >= 15 is 0 Å². The van der Waals surface area contributed by atoms with Crippen LogP contribution in [0.15, 0.2) is 22.7 Å². The number of rotatable bonds is 2. The minimum atomic E-state index is -4.36. The Morgan fingerprint density at radius 1 is 1.33 bits per heavy atom. The molecule has 0 aliphatic heterocycles. The van der Waals surface area contributed by atoms with Gasteiger partial charge in [-0.25, -0.2) is 0 Å². The molecule has 0 bridgehead atoms. The fraction of sp³-hybridized carbons (Fsp3) is 0.300. The minimum Gasteiger partial charge on any atom is -0.198 e. The maximum absolute atomic E-state index is 12.5. The van der Waals surface area contributed by atoms with Gasteiger partial charge >= 0.3 is 6.18 Å². The number of hydrogen-bond donors (Lipinski definition) is 0. The summed E-state index contributed by atoms with van der Waals surface area (Å²) in [5.41, 5.74) is -0.176. The van der Waals surface area contributed by atoms with Crippen molar-refractivity contribution in [1.29, 1.82) is 5.26 Å². The quantitative estimate of drug-likeness (QED) is 0.804. The Morgan fingerprint density at radius 2 is 2.00 bits per heavy atom. The van der Waals surface area contributed by atoms with Crippen LogP contribution < -0.4 is 0 Å². The number of nitriles is 1. The van der Waals surface area contributed by atoms with Gasteiger partial charge in [0, 0.05) is 10.9 Å². The van der Waals surface area contributed by atoms with Crippen LogP contribution in [0.4, 0.5) is 13.2 Å². The van der Waals surface area contributed by atoms with Gasteiger partial charge in [-0.05, 0) is 24.1 Å². The second-order valence-electron chi connectivity index (χ2n) is 2.97. The molecular weight excluding hydrogens is 271 g/mol. The van der Waals surface area contributed by atoms with Gasteiger partial charge in [0.05, 0.1) is 11.6 Å². The van der Waals surface area contributed by atoms with Crippen molar-refractivity contribution in [2.24, 2.45) is 0 Å².